The molecular formula is C13H14Cl3N3O. The lowest BCUT2D eigenvalue weighted by molar-refractivity contribution is -0.120. The standard InChI is InChI=1S/C13H14Cl3N3O/c1-7(14)13-18-10-5-8(15)9(16)6-11(10)19(13)4-3-12(20)17-2/h5-7H,3-4H2,1-2H3,(H,17,20). The number of fused-ring (bicyclic) bond motifs is 1. The molecule has 0 spiro atoms. The van der Waals surface area contributed by atoms with Crippen LogP contribution >= 0.6 is 34.8 Å². The van der Waals surface area contributed by atoms with Crippen molar-refractivity contribution < 1.29 is 4.79 Å². The molecule has 0 aliphatic rings. The summed E-state index contributed by atoms with van der Waals surface area (Å²) < 4.78 is 1.91. The maximum absolute atomic E-state index is 11.4. The molecule has 1 heterocycles. The first kappa shape index (κ1) is 15.4. The maximum Gasteiger partial charge on any atom is 0.221 e. The normalized spacial score (nSPS) is 12.7. The third-order valence-corrected chi connectivity index (χ3v) is 3.93. The molecule has 20 heavy (non-hydrogen) atoms. The lowest BCUT2D eigenvalue weighted by Crippen LogP contribution is -2.20. The molecule has 0 aliphatic carbocycles. The van der Waals surface area contributed by atoms with Crippen LogP contribution in [0, 0.1) is 0 Å². The number of hydrogen-bond donors (Lipinski definition) is 1. The maximum atomic E-state index is 11.4. The summed E-state index contributed by atoms with van der Waals surface area (Å²) in [6, 6.07) is 3.46. The van der Waals surface area contributed by atoms with Crippen LogP contribution < -0.4 is 5.32 Å². The Morgan fingerprint density at radius 1 is 1.40 bits per heavy atom. The fourth-order valence-corrected chi connectivity index (χ4v) is 2.50. The second-order valence-electron chi connectivity index (χ2n) is 4.42. The van der Waals surface area contributed by atoms with E-state index in [0.717, 1.165) is 11.0 Å². The largest absolute Gasteiger partial charge is 0.359 e. The van der Waals surface area contributed by atoms with E-state index in [1.54, 1.807) is 19.2 Å². The van der Waals surface area contributed by atoms with Crippen LogP contribution in [0.5, 0.6) is 0 Å². The number of halogens is 3. The number of carbonyl (C=O) groups is 1. The monoisotopic (exact) mass is 333 g/mol. The van der Waals surface area contributed by atoms with E-state index in [0.29, 0.717) is 28.8 Å². The Labute approximate surface area is 132 Å². The van der Waals surface area contributed by atoms with E-state index in [1.807, 2.05) is 11.5 Å². The summed E-state index contributed by atoms with van der Waals surface area (Å²) in [7, 11) is 1.61. The van der Waals surface area contributed by atoms with Gasteiger partial charge in [0.2, 0.25) is 5.91 Å². The van der Waals surface area contributed by atoms with E-state index in [-0.39, 0.29) is 11.3 Å². The second kappa shape index (κ2) is 6.20. The summed E-state index contributed by atoms with van der Waals surface area (Å²) in [5, 5.41) is 3.22. The number of carbonyl (C=O) groups excluding carboxylic acids is 1. The van der Waals surface area contributed by atoms with E-state index < -0.39 is 0 Å². The summed E-state index contributed by atoms with van der Waals surface area (Å²) in [5.41, 5.74) is 1.55. The van der Waals surface area contributed by atoms with Gasteiger partial charge in [-0.1, -0.05) is 23.2 Å². The third-order valence-electron chi connectivity index (χ3n) is 3.02. The van der Waals surface area contributed by atoms with Crippen LogP contribution in [0.1, 0.15) is 24.5 Å². The summed E-state index contributed by atoms with van der Waals surface area (Å²) in [6.07, 6.45) is 0.346. The molecule has 1 aromatic heterocycles. The first-order valence-electron chi connectivity index (χ1n) is 6.14. The Morgan fingerprint density at radius 2 is 2.05 bits per heavy atom. The van der Waals surface area contributed by atoms with Gasteiger partial charge in [0.05, 0.1) is 26.5 Å². The summed E-state index contributed by atoms with van der Waals surface area (Å²) >= 11 is 18.2. The van der Waals surface area contributed by atoms with Crippen LogP contribution in [0.25, 0.3) is 11.0 Å². The Balaban J connectivity index is 2.50. The third kappa shape index (κ3) is 3.03. The molecule has 2 rings (SSSR count). The average molecular weight is 335 g/mol. The average Bonchev–Trinajstić information content (AvgIpc) is 2.74. The number of imidazole rings is 1. The number of aromatic nitrogens is 2. The Hall–Kier alpha value is -0.970. The highest BCUT2D eigenvalue weighted by atomic mass is 35.5. The van der Waals surface area contributed by atoms with Gasteiger partial charge >= 0.3 is 0 Å². The quantitative estimate of drug-likeness (QED) is 0.865. The number of benzene rings is 1. The Morgan fingerprint density at radius 3 is 2.65 bits per heavy atom. The molecule has 0 saturated heterocycles. The van der Waals surface area contributed by atoms with E-state index >= 15 is 0 Å². The van der Waals surface area contributed by atoms with Crippen molar-refractivity contribution in [2.75, 3.05) is 7.05 Å². The first-order chi connectivity index (χ1) is 9.43. The summed E-state index contributed by atoms with van der Waals surface area (Å²) in [6.45, 7) is 2.32. The van der Waals surface area contributed by atoms with Crippen LogP contribution in [0.2, 0.25) is 10.0 Å². The number of nitrogens with one attached hydrogen (secondary N) is 1. The van der Waals surface area contributed by atoms with Crippen LogP contribution in [0.15, 0.2) is 12.1 Å². The minimum Gasteiger partial charge on any atom is -0.359 e. The van der Waals surface area contributed by atoms with Crippen LogP contribution in [0.4, 0.5) is 0 Å². The Kier molecular flexibility index (Phi) is 4.78. The van der Waals surface area contributed by atoms with Crippen LogP contribution in [0.3, 0.4) is 0 Å². The molecule has 4 nitrogen and oxygen atoms in total. The lowest BCUT2D eigenvalue weighted by Gasteiger charge is -2.10. The first-order valence-corrected chi connectivity index (χ1v) is 7.33. The van der Waals surface area contributed by atoms with Gasteiger partial charge in [0.1, 0.15) is 5.82 Å². The number of rotatable bonds is 4. The zero-order chi connectivity index (χ0) is 14.9. The van der Waals surface area contributed by atoms with Gasteiger partial charge in [-0.2, -0.15) is 0 Å². The van der Waals surface area contributed by atoms with Crippen molar-refractivity contribution >= 4 is 51.7 Å². The van der Waals surface area contributed by atoms with E-state index in [4.69, 9.17) is 34.8 Å². The predicted octanol–water partition coefficient (Wildman–Crippen LogP) is 3.78. The van der Waals surface area contributed by atoms with E-state index in [1.165, 1.54) is 0 Å². The predicted molar refractivity (Wildman–Crippen MR) is 82.7 cm³/mol. The molecule has 108 valence electrons. The van der Waals surface area contributed by atoms with Gasteiger partial charge in [0, 0.05) is 20.0 Å². The van der Waals surface area contributed by atoms with Crippen LogP contribution in [-0.2, 0) is 11.3 Å². The van der Waals surface area contributed by atoms with Crippen molar-refractivity contribution in [1.29, 1.82) is 0 Å². The fraction of sp³-hybridized carbons (Fsp3) is 0.385. The van der Waals surface area contributed by atoms with Gasteiger partial charge in [-0.25, -0.2) is 4.98 Å². The van der Waals surface area contributed by atoms with Gasteiger partial charge < -0.3 is 9.88 Å². The lowest BCUT2D eigenvalue weighted by atomic mass is 10.3. The van der Waals surface area contributed by atoms with E-state index in [2.05, 4.69) is 10.3 Å². The number of aryl methyl sites for hydroxylation is 1. The highest BCUT2D eigenvalue weighted by Crippen LogP contribution is 2.31. The molecule has 0 aliphatic heterocycles. The minimum atomic E-state index is -0.273. The van der Waals surface area contributed by atoms with Gasteiger partial charge in [-0.3, -0.25) is 4.79 Å². The van der Waals surface area contributed by atoms with Crippen LogP contribution in [-0.4, -0.2) is 22.5 Å². The van der Waals surface area contributed by atoms with Crippen molar-refractivity contribution in [2.24, 2.45) is 0 Å². The molecule has 0 bridgehead atoms. The molecular weight excluding hydrogens is 321 g/mol. The van der Waals surface area contributed by atoms with Crippen molar-refractivity contribution in [3.05, 3.63) is 28.0 Å². The van der Waals surface area contributed by atoms with Crippen molar-refractivity contribution in [3.8, 4) is 0 Å². The molecule has 0 fully saturated rings. The van der Waals surface area contributed by atoms with Crippen molar-refractivity contribution in [2.45, 2.75) is 25.3 Å². The van der Waals surface area contributed by atoms with Gasteiger partial charge in [0.25, 0.3) is 0 Å². The smallest absolute Gasteiger partial charge is 0.221 e. The molecule has 0 radical (unpaired) electrons. The summed E-state index contributed by atoms with van der Waals surface area (Å²) in [4.78, 5) is 15.9. The van der Waals surface area contributed by atoms with E-state index in [9.17, 15) is 4.79 Å². The molecule has 1 amide bonds. The second-order valence-corrected chi connectivity index (χ2v) is 5.88. The molecule has 0 saturated carbocycles. The van der Waals surface area contributed by atoms with Gasteiger partial charge in [-0.05, 0) is 19.1 Å². The number of amides is 1. The zero-order valence-corrected chi connectivity index (χ0v) is 13.4. The van der Waals surface area contributed by atoms with Gasteiger partial charge in [-0.15, -0.1) is 11.6 Å². The minimum absolute atomic E-state index is 0.0416. The molecule has 1 N–H and O–H groups in total. The topological polar surface area (TPSA) is 46.9 Å². The van der Waals surface area contributed by atoms with Gasteiger partial charge in [0.15, 0.2) is 0 Å². The summed E-state index contributed by atoms with van der Waals surface area (Å²) in [5.74, 6) is 0.656. The SMILES string of the molecule is CNC(=O)CCn1c(C(C)Cl)nc2cc(Cl)c(Cl)cc21. The fourth-order valence-electron chi connectivity index (χ4n) is 2.02. The Bertz CT molecular complexity index is 652. The molecule has 1 unspecified atom stereocenters. The number of nitrogens with zero attached hydrogens (tertiary/aromatic N) is 2. The molecule has 1 atom stereocenters. The van der Waals surface area contributed by atoms with Crippen molar-refractivity contribution in [1.82, 2.24) is 14.9 Å². The number of alkyl halides is 1. The molecule has 1 aromatic carbocycles. The highest BCUT2D eigenvalue weighted by molar-refractivity contribution is 6.42. The highest BCUT2D eigenvalue weighted by Gasteiger charge is 2.17. The zero-order valence-electron chi connectivity index (χ0n) is 11.1. The van der Waals surface area contributed by atoms with Crippen molar-refractivity contribution in [3.63, 3.8) is 0 Å². The molecule has 2 aromatic rings. The number of hydrogen-bond acceptors (Lipinski definition) is 2. The molecule has 7 heteroatoms.